The molecule has 152 valence electrons. The molecule has 0 aliphatic heterocycles. The molecule has 3 rings (SSSR count). The zero-order chi connectivity index (χ0) is 19.3. The van der Waals surface area contributed by atoms with E-state index in [0.717, 1.165) is 32.9 Å². The first-order valence-electron chi connectivity index (χ1n) is 9.13. The average molecular weight is 406 g/mol. The highest BCUT2D eigenvalue weighted by molar-refractivity contribution is 6.02. The Kier molecular flexibility index (Phi) is 8.04. The number of aliphatic hydroxyl groups excluding tert-OH is 2. The third kappa shape index (κ3) is 4.93. The van der Waals surface area contributed by atoms with Crippen molar-refractivity contribution in [1.29, 1.82) is 0 Å². The first kappa shape index (κ1) is 22.4. The highest BCUT2D eigenvalue weighted by atomic mass is 35.5. The number of methoxy groups -OCH3 is 1. The molecule has 6 heteroatoms. The highest BCUT2D eigenvalue weighted by Crippen LogP contribution is 2.31. The summed E-state index contributed by atoms with van der Waals surface area (Å²) in [6.45, 7) is 3.08. The van der Waals surface area contributed by atoms with Gasteiger partial charge in [0.25, 0.3) is 0 Å². The van der Waals surface area contributed by atoms with Crippen molar-refractivity contribution in [2.24, 2.45) is 0 Å². The number of nitrogens with one attached hydrogen (secondary N) is 1. The molecular weight excluding hydrogens is 378 g/mol. The third-order valence-electron chi connectivity index (χ3n) is 4.89. The van der Waals surface area contributed by atoms with Crippen LogP contribution in [0.1, 0.15) is 12.5 Å². The molecule has 3 N–H and O–H groups in total. The average Bonchev–Trinajstić information content (AvgIpc) is 2.71. The molecular formula is C22H28ClNO4. The van der Waals surface area contributed by atoms with Gasteiger partial charge in [0.1, 0.15) is 12.4 Å². The lowest BCUT2D eigenvalue weighted by Crippen LogP contribution is -2.48. The van der Waals surface area contributed by atoms with Crippen LogP contribution < -0.4 is 10.1 Å². The monoisotopic (exact) mass is 405 g/mol. The van der Waals surface area contributed by atoms with Crippen molar-refractivity contribution in [1.82, 2.24) is 5.32 Å². The van der Waals surface area contributed by atoms with Crippen molar-refractivity contribution >= 4 is 34.0 Å². The lowest BCUT2D eigenvalue weighted by Gasteiger charge is -2.27. The number of hydrogen-bond acceptors (Lipinski definition) is 5. The molecule has 0 spiro atoms. The van der Waals surface area contributed by atoms with Crippen molar-refractivity contribution in [3.63, 3.8) is 0 Å². The van der Waals surface area contributed by atoms with E-state index in [0.29, 0.717) is 19.8 Å². The SMILES string of the molecule is COCCOc1ccc2cc3ccccc3c(CNC(C)(CO)CO)c2c1.Cl. The number of rotatable bonds is 9. The van der Waals surface area contributed by atoms with E-state index in [1.807, 2.05) is 24.3 Å². The van der Waals surface area contributed by atoms with Gasteiger partial charge >= 0.3 is 0 Å². The standard InChI is InChI=1S/C22H27NO4.ClH/c1-22(14-24,15-25)23-13-21-19-6-4-3-5-16(19)11-17-7-8-18(12-20(17)21)27-10-9-26-2;/h3-8,11-12,23-25H,9-10,13-15H2,1-2H3;1H. The Bertz CT molecular complexity index is 912. The molecule has 5 nitrogen and oxygen atoms in total. The van der Waals surface area contributed by atoms with Crippen LogP contribution in [0.3, 0.4) is 0 Å². The molecule has 28 heavy (non-hydrogen) atoms. The maximum Gasteiger partial charge on any atom is 0.120 e. The summed E-state index contributed by atoms with van der Waals surface area (Å²) in [6.07, 6.45) is 0. The quantitative estimate of drug-likeness (QED) is 0.376. The van der Waals surface area contributed by atoms with Crippen molar-refractivity contribution < 1.29 is 19.7 Å². The van der Waals surface area contributed by atoms with E-state index < -0.39 is 5.54 Å². The summed E-state index contributed by atoms with van der Waals surface area (Å²) in [5, 5.41) is 27.0. The Labute approximate surface area is 171 Å². The summed E-state index contributed by atoms with van der Waals surface area (Å²) in [5.74, 6) is 0.795. The van der Waals surface area contributed by atoms with Gasteiger partial charge in [-0.15, -0.1) is 12.4 Å². The highest BCUT2D eigenvalue weighted by Gasteiger charge is 2.22. The van der Waals surface area contributed by atoms with Crippen LogP contribution in [0.4, 0.5) is 0 Å². The fourth-order valence-electron chi connectivity index (χ4n) is 3.12. The second-order valence-electron chi connectivity index (χ2n) is 7.03. The van der Waals surface area contributed by atoms with E-state index in [1.54, 1.807) is 14.0 Å². The first-order valence-corrected chi connectivity index (χ1v) is 9.13. The lowest BCUT2D eigenvalue weighted by molar-refractivity contribution is 0.103. The number of hydrogen-bond donors (Lipinski definition) is 3. The van der Waals surface area contributed by atoms with Crippen molar-refractivity contribution in [3.05, 3.63) is 54.1 Å². The van der Waals surface area contributed by atoms with Crippen LogP contribution in [-0.2, 0) is 11.3 Å². The van der Waals surface area contributed by atoms with Gasteiger partial charge in [0, 0.05) is 13.7 Å². The molecule has 0 amide bonds. The van der Waals surface area contributed by atoms with Crippen LogP contribution in [0, 0.1) is 0 Å². The molecule has 0 bridgehead atoms. The van der Waals surface area contributed by atoms with Gasteiger partial charge in [-0.2, -0.15) is 0 Å². The maximum atomic E-state index is 9.60. The largest absolute Gasteiger partial charge is 0.491 e. The Balaban J connectivity index is 0.00000280. The first-order chi connectivity index (χ1) is 13.1. The Morgan fingerprint density at radius 2 is 1.64 bits per heavy atom. The molecule has 0 saturated heterocycles. The van der Waals surface area contributed by atoms with Crippen LogP contribution in [0.25, 0.3) is 21.5 Å². The van der Waals surface area contributed by atoms with E-state index in [2.05, 4.69) is 29.6 Å². The summed E-state index contributed by atoms with van der Waals surface area (Å²) in [7, 11) is 1.65. The minimum absolute atomic E-state index is 0. The van der Waals surface area contributed by atoms with E-state index >= 15 is 0 Å². The van der Waals surface area contributed by atoms with Crippen molar-refractivity contribution in [2.45, 2.75) is 19.0 Å². The normalized spacial score (nSPS) is 11.6. The maximum absolute atomic E-state index is 9.60. The minimum Gasteiger partial charge on any atom is -0.491 e. The number of benzene rings is 3. The van der Waals surface area contributed by atoms with Crippen molar-refractivity contribution in [3.8, 4) is 5.75 Å². The number of aliphatic hydroxyl groups is 2. The van der Waals surface area contributed by atoms with Crippen molar-refractivity contribution in [2.75, 3.05) is 33.5 Å². The topological polar surface area (TPSA) is 71.0 Å². The molecule has 3 aromatic carbocycles. The van der Waals surface area contributed by atoms with Gasteiger partial charge in [0.05, 0.1) is 25.4 Å². The Morgan fingerprint density at radius 1 is 0.929 bits per heavy atom. The molecule has 0 atom stereocenters. The molecule has 0 radical (unpaired) electrons. The van der Waals surface area contributed by atoms with Crippen LogP contribution >= 0.6 is 12.4 Å². The second kappa shape index (κ2) is 10.0. The van der Waals surface area contributed by atoms with Gasteiger partial charge in [0.15, 0.2) is 0 Å². The third-order valence-corrected chi connectivity index (χ3v) is 4.89. The summed E-state index contributed by atoms with van der Waals surface area (Å²) >= 11 is 0. The second-order valence-corrected chi connectivity index (χ2v) is 7.03. The van der Waals surface area contributed by atoms with Crippen LogP contribution in [-0.4, -0.2) is 49.3 Å². The van der Waals surface area contributed by atoms with E-state index in [4.69, 9.17) is 9.47 Å². The fourth-order valence-corrected chi connectivity index (χ4v) is 3.12. The number of fused-ring (bicyclic) bond motifs is 2. The Hall–Kier alpha value is -1.89. The molecule has 0 fully saturated rings. The van der Waals surface area contributed by atoms with E-state index in [-0.39, 0.29) is 25.6 Å². The summed E-state index contributed by atoms with van der Waals surface area (Å²) in [5.41, 5.74) is 0.379. The summed E-state index contributed by atoms with van der Waals surface area (Å²) in [6, 6.07) is 16.5. The number of halogens is 1. The molecule has 0 unspecified atom stereocenters. The molecule has 0 aliphatic rings. The van der Waals surface area contributed by atoms with Crippen LogP contribution in [0.5, 0.6) is 5.75 Å². The van der Waals surface area contributed by atoms with E-state index in [9.17, 15) is 10.2 Å². The van der Waals surface area contributed by atoms with Gasteiger partial charge in [-0.05, 0) is 52.2 Å². The molecule has 0 heterocycles. The minimum atomic E-state index is -0.740. The van der Waals surface area contributed by atoms with Crippen LogP contribution in [0.2, 0.25) is 0 Å². The Morgan fingerprint density at radius 3 is 2.36 bits per heavy atom. The smallest absolute Gasteiger partial charge is 0.120 e. The predicted molar refractivity (Wildman–Crippen MR) is 115 cm³/mol. The molecule has 0 saturated carbocycles. The fraction of sp³-hybridized carbons (Fsp3) is 0.364. The van der Waals surface area contributed by atoms with Crippen LogP contribution in [0.15, 0.2) is 48.5 Å². The van der Waals surface area contributed by atoms with Gasteiger partial charge in [0.2, 0.25) is 0 Å². The molecule has 0 aliphatic carbocycles. The van der Waals surface area contributed by atoms with Gasteiger partial charge in [-0.1, -0.05) is 30.3 Å². The van der Waals surface area contributed by atoms with E-state index in [1.165, 1.54) is 0 Å². The molecule has 3 aromatic rings. The summed E-state index contributed by atoms with van der Waals surface area (Å²) < 4.78 is 10.8. The zero-order valence-electron chi connectivity index (χ0n) is 16.3. The lowest BCUT2D eigenvalue weighted by atomic mass is 9.95. The van der Waals surface area contributed by atoms with Gasteiger partial charge < -0.3 is 25.0 Å². The van der Waals surface area contributed by atoms with Gasteiger partial charge in [-0.25, -0.2) is 0 Å². The number of ether oxygens (including phenoxy) is 2. The zero-order valence-corrected chi connectivity index (χ0v) is 17.1. The molecule has 0 aromatic heterocycles. The predicted octanol–water partition coefficient (Wildman–Crippen LogP) is 3.27. The summed E-state index contributed by atoms with van der Waals surface area (Å²) in [4.78, 5) is 0. The van der Waals surface area contributed by atoms with Gasteiger partial charge in [-0.3, -0.25) is 0 Å².